The Bertz CT molecular complexity index is 194. The first-order chi connectivity index (χ1) is 6.07. The summed E-state index contributed by atoms with van der Waals surface area (Å²) in [7, 11) is 3.81. The molecular formula is C9H18N2O2. The predicted octanol–water partition coefficient (Wildman–Crippen LogP) is -0.000800. The fourth-order valence-electron chi connectivity index (χ4n) is 2.04. The first-order valence-electron chi connectivity index (χ1n) is 4.68. The molecule has 0 amide bonds. The molecule has 1 heterocycles. The molecule has 1 aliphatic heterocycles. The third-order valence-corrected chi connectivity index (χ3v) is 3.10. The van der Waals surface area contributed by atoms with Crippen molar-refractivity contribution in [2.75, 3.05) is 20.6 Å². The van der Waals surface area contributed by atoms with Gasteiger partial charge in [0.05, 0.1) is 5.92 Å². The highest BCUT2D eigenvalue weighted by atomic mass is 16.4. The molecule has 0 aromatic carbocycles. The maximum Gasteiger partial charge on any atom is 0.309 e. The van der Waals surface area contributed by atoms with E-state index in [1.807, 2.05) is 21.0 Å². The topological polar surface area (TPSA) is 52.6 Å². The number of nitrogens with zero attached hydrogens (tertiary/aromatic N) is 1. The SMILES string of the molecule is CNC1CCN(C)C(C)C1C(=O)O. The van der Waals surface area contributed by atoms with Gasteiger partial charge in [-0.25, -0.2) is 0 Å². The molecule has 0 aromatic rings. The van der Waals surface area contributed by atoms with E-state index in [4.69, 9.17) is 5.11 Å². The quantitative estimate of drug-likeness (QED) is 0.637. The highest BCUT2D eigenvalue weighted by Gasteiger charge is 2.37. The Morgan fingerprint density at radius 2 is 2.23 bits per heavy atom. The number of likely N-dealkylation sites (tertiary alicyclic amines) is 1. The Kier molecular flexibility index (Phi) is 3.27. The third kappa shape index (κ3) is 2.00. The zero-order valence-corrected chi connectivity index (χ0v) is 8.45. The highest BCUT2D eigenvalue weighted by molar-refractivity contribution is 5.72. The molecule has 4 heteroatoms. The molecule has 0 spiro atoms. The minimum absolute atomic E-state index is 0.115. The van der Waals surface area contributed by atoms with Gasteiger partial charge in [0.2, 0.25) is 0 Å². The lowest BCUT2D eigenvalue weighted by atomic mass is 9.86. The summed E-state index contributed by atoms with van der Waals surface area (Å²) >= 11 is 0. The number of carbonyl (C=O) groups is 1. The highest BCUT2D eigenvalue weighted by Crippen LogP contribution is 2.22. The van der Waals surface area contributed by atoms with Gasteiger partial charge in [-0.2, -0.15) is 0 Å². The van der Waals surface area contributed by atoms with Crippen molar-refractivity contribution in [3.05, 3.63) is 0 Å². The maximum absolute atomic E-state index is 11.0. The number of piperidine rings is 1. The molecule has 0 aliphatic carbocycles. The van der Waals surface area contributed by atoms with Crippen molar-refractivity contribution in [2.24, 2.45) is 5.92 Å². The van der Waals surface area contributed by atoms with E-state index in [0.29, 0.717) is 0 Å². The number of nitrogens with one attached hydrogen (secondary N) is 1. The van der Waals surface area contributed by atoms with E-state index < -0.39 is 5.97 Å². The zero-order chi connectivity index (χ0) is 10.0. The normalized spacial score (nSPS) is 36.1. The standard InChI is InChI=1S/C9H18N2O2/c1-6-8(9(12)13)7(10-2)4-5-11(6)3/h6-8,10H,4-5H2,1-3H3,(H,12,13). The van der Waals surface area contributed by atoms with Gasteiger partial charge in [-0.3, -0.25) is 4.79 Å². The monoisotopic (exact) mass is 186 g/mol. The molecule has 76 valence electrons. The second-order valence-corrected chi connectivity index (χ2v) is 3.77. The van der Waals surface area contributed by atoms with Crippen molar-refractivity contribution in [1.29, 1.82) is 0 Å². The van der Waals surface area contributed by atoms with Crippen molar-refractivity contribution in [3.63, 3.8) is 0 Å². The van der Waals surface area contributed by atoms with E-state index in [9.17, 15) is 4.79 Å². The van der Waals surface area contributed by atoms with Gasteiger partial charge in [-0.1, -0.05) is 0 Å². The van der Waals surface area contributed by atoms with Gasteiger partial charge in [-0.15, -0.1) is 0 Å². The molecule has 3 atom stereocenters. The van der Waals surface area contributed by atoms with Crippen molar-refractivity contribution in [2.45, 2.75) is 25.4 Å². The number of carboxylic acids is 1. The fraction of sp³-hybridized carbons (Fsp3) is 0.889. The van der Waals surface area contributed by atoms with Crippen LogP contribution in [0, 0.1) is 5.92 Å². The molecule has 1 saturated heterocycles. The van der Waals surface area contributed by atoms with Gasteiger partial charge in [0.15, 0.2) is 0 Å². The van der Waals surface area contributed by atoms with Crippen LogP contribution in [0.4, 0.5) is 0 Å². The second kappa shape index (κ2) is 4.07. The van der Waals surface area contributed by atoms with Crippen LogP contribution in [0.1, 0.15) is 13.3 Å². The van der Waals surface area contributed by atoms with Crippen LogP contribution in [0.15, 0.2) is 0 Å². The summed E-state index contributed by atoms with van der Waals surface area (Å²) in [6.07, 6.45) is 0.911. The van der Waals surface area contributed by atoms with E-state index >= 15 is 0 Å². The number of carboxylic acid groups (broad SMARTS) is 1. The van der Waals surface area contributed by atoms with Gasteiger partial charge in [-0.05, 0) is 34.0 Å². The van der Waals surface area contributed by atoms with Crippen LogP contribution in [0.25, 0.3) is 0 Å². The molecule has 1 aliphatic rings. The molecule has 0 radical (unpaired) electrons. The van der Waals surface area contributed by atoms with Crippen molar-refractivity contribution >= 4 is 5.97 Å². The van der Waals surface area contributed by atoms with Crippen LogP contribution in [0.2, 0.25) is 0 Å². The summed E-state index contributed by atoms with van der Waals surface area (Å²) in [6, 6.07) is 0.229. The number of hydrogen-bond acceptors (Lipinski definition) is 3. The molecule has 13 heavy (non-hydrogen) atoms. The Labute approximate surface area is 78.9 Å². The van der Waals surface area contributed by atoms with Crippen LogP contribution in [0.5, 0.6) is 0 Å². The summed E-state index contributed by atoms with van der Waals surface area (Å²) < 4.78 is 0. The Morgan fingerprint density at radius 1 is 1.62 bits per heavy atom. The van der Waals surface area contributed by atoms with Gasteiger partial charge in [0.25, 0.3) is 0 Å². The lowest BCUT2D eigenvalue weighted by Gasteiger charge is -2.40. The lowest BCUT2D eigenvalue weighted by molar-refractivity contribution is -0.146. The van der Waals surface area contributed by atoms with E-state index in [-0.39, 0.29) is 18.0 Å². The van der Waals surface area contributed by atoms with Crippen molar-refractivity contribution < 1.29 is 9.90 Å². The van der Waals surface area contributed by atoms with Gasteiger partial charge in [0, 0.05) is 12.1 Å². The predicted molar refractivity (Wildman–Crippen MR) is 50.7 cm³/mol. The molecule has 0 aromatic heterocycles. The fourth-order valence-corrected chi connectivity index (χ4v) is 2.04. The summed E-state index contributed by atoms with van der Waals surface area (Å²) in [5.74, 6) is -0.984. The summed E-state index contributed by atoms with van der Waals surface area (Å²) in [4.78, 5) is 13.1. The van der Waals surface area contributed by atoms with Crippen LogP contribution in [0.3, 0.4) is 0 Å². The summed E-state index contributed by atoms with van der Waals surface area (Å²) in [5, 5.41) is 12.1. The number of hydrogen-bond donors (Lipinski definition) is 2. The van der Waals surface area contributed by atoms with Crippen LogP contribution >= 0.6 is 0 Å². The average molecular weight is 186 g/mol. The Morgan fingerprint density at radius 3 is 2.69 bits per heavy atom. The molecule has 2 N–H and O–H groups in total. The molecular weight excluding hydrogens is 168 g/mol. The smallest absolute Gasteiger partial charge is 0.309 e. The van der Waals surface area contributed by atoms with E-state index in [1.165, 1.54) is 0 Å². The molecule has 0 bridgehead atoms. The maximum atomic E-state index is 11.0. The van der Waals surface area contributed by atoms with Crippen LogP contribution < -0.4 is 5.32 Å². The molecule has 3 unspecified atom stereocenters. The summed E-state index contributed by atoms with van der Waals surface area (Å²) in [6.45, 7) is 2.94. The third-order valence-electron chi connectivity index (χ3n) is 3.10. The first kappa shape index (κ1) is 10.5. The minimum atomic E-state index is -0.696. The van der Waals surface area contributed by atoms with Gasteiger partial charge < -0.3 is 15.3 Å². The van der Waals surface area contributed by atoms with E-state index in [0.717, 1.165) is 13.0 Å². The van der Waals surface area contributed by atoms with Gasteiger partial charge >= 0.3 is 5.97 Å². The van der Waals surface area contributed by atoms with E-state index in [2.05, 4.69) is 10.2 Å². The second-order valence-electron chi connectivity index (χ2n) is 3.77. The Hall–Kier alpha value is -0.610. The lowest BCUT2D eigenvalue weighted by Crippen LogP contribution is -2.55. The summed E-state index contributed by atoms with van der Waals surface area (Å²) in [5.41, 5.74) is 0. The molecule has 1 rings (SSSR count). The minimum Gasteiger partial charge on any atom is -0.481 e. The number of aliphatic carboxylic acids is 1. The van der Waals surface area contributed by atoms with Gasteiger partial charge in [0.1, 0.15) is 0 Å². The van der Waals surface area contributed by atoms with Crippen LogP contribution in [-0.4, -0.2) is 48.7 Å². The van der Waals surface area contributed by atoms with Crippen LogP contribution in [-0.2, 0) is 4.79 Å². The van der Waals surface area contributed by atoms with Crippen molar-refractivity contribution in [1.82, 2.24) is 10.2 Å². The molecule has 0 saturated carbocycles. The Balaban J connectivity index is 2.74. The zero-order valence-electron chi connectivity index (χ0n) is 8.45. The van der Waals surface area contributed by atoms with E-state index in [1.54, 1.807) is 0 Å². The number of rotatable bonds is 2. The average Bonchev–Trinajstić information content (AvgIpc) is 2.08. The first-order valence-corrected chi connectivity index (χ1v) is 4.68. The largest absolute Gasteiger partial charge is 0.481 e. The van der Waals surface area contributed by atoms with Crippen molar-refractivity contribution in [3.8, 4) is 0 Å². The molecule has 4 nitrogen and oxygen atoms in total. The molecule has 1 fully saturated rings.